The number of hydrogen-bond donors (Lipinski definition) is 4. The highest BCUT2D eigenvalue weighted by molar-refractivity contribution is 5.90. The quantitative estimate of drug-likeness (QED) is 0.294. The summed E-state index contributed by atoms with van der Waals surface area (Å²) >= 11 is 0. The third-order valence-corrected chi connectivity index (χ3v) is 6.86. The van der Waals surface area contributed by atoms with Crippen LogP contribution in [0, 0.1) is 0 Å². The molecule has 0 aliphatic carbocycles. The highest BCUT2D eigenvalue weighted by Gasteiger charge is 2.46. The third-order valence-electron chi connectivity index (χ3n) is 6.86. The van der Waals surface area contributed by atoms with E-state index in [1.165, 1.54) is 0 Å². The van der Waals surface area contributed by atoms with E-state index in [0.717, 1.165) is 11.1 Å². The molecule has 0 spiro atoms. The van der Waals surface area contributed by atoms with Gasteiger partial charge in [-0.2, -0.15) is 0 Å². The van der Waals surface area contributed by atoms with Crippen LogP contribution in [-0.4, -0.2) is 83.1 Å². The standard InChI is InChI=1S/C25H24O13/c26-19(27)6-20(28)33-8-18-21(29)22(30)23(31)25(38-18)36-10-1-2-11-14(3-10)32-7-13-12-4-16-17(35-9-34-16)5-15(12)37-24(11)13/h1-5,13,18,21-25,29-31H,6-9H2,(H,26,27)/t13-,18+,21+,22-,23+,24-,25+/m1/s1. The lowest BCUT2D eigenvalue weighted by Crippen LogP contribution is -2.60. The normalized spacial score (nSPS) is 30.2. The topological polar surface area (TPSA) is 180 Å². The summed E-state index contributed by atoms with van der Waals surface area (Å²) in [5, 5.41) is 39.5. The minimum atomic E-state index is -1.67. The maximum absolute atomic E-state index is 11.5. The molecule has 4 aliphatic heterocycles. The van der Waals surface area contributed by atoms with Gasteiger partial charge in [0.25, 0.3) is 0 Å². The van der Waals surface area contributed by atoms with Crippen LogP contribution in [0.3, 0.4) is 0 Å². The van der Waals surface area contributed by atoms with Gasteiger partial charge in [0.2, 0.25) is 13.1 Å². The van der Waals surface area contributed by atoms with Crippen molar-refractivity contribution in [3.63, 3.8) is 0 Å². The Morgan fingerprint density at radius 3 is 2.47 bits per heavy atom. The Hall–Kier alpha value is -3.78. The summed E-state index contributed by atoms with van der Waals surface area (Å²) in [5.41, 5.74) is 1.75. The maximum atomic E-state index is 11.5. The first-order valence-corrected chi connectivity index (χ1v) is 11.9. The molecule has 0 bridgehead atoms. The van der Waals surface area contributed by atoms with E-state index in [4.69, 9.17) is 38.3 Å². The van der Waals surface area contributed by atoms with Crippen LogP contribution in [-0.2, 0) is 19.1 Å². The minimum absolute atomic E-state index is 0.0523. The predicted molar refractivity (Wildman–Crippen MR) is 121 cm³/mol. The van der Waals surface area contributed by atoms with Crippen LogP contribution in [0.5, 0.6) is 28.7 Å². The molecule has 2 aromatic carbocycles. The van der Waals surface area contributed by atoms with Crippen molar-refractivity contribution in [1.29, 1.82) is 0 Å². The molecule has 13 heteroatoms. The summed E-state index contributed by atoms with van der Waals surface area (Å²) in [7, 11) is 0. The third kappa shape index (κ3) is 4.32. The number of carboxylic acid groups (broad SMARTS) is 1. The minimum Gasteiger partial charge on any atom is -0.492 e. The maximum Gasteiger partial charge on any atom is 0.317 e. The Labute approximate surface area is 215 Å². The highest BCUT2D eigenvalue weighted by atomic mass is 16.7. The van der Waals surface area contributed by atoms with Crippen molar-refractivity contribution in [2.75, 3.05) is 20.0 Å². The number of hydrogen-bond acceptors (Lipinski definition) is 12. The van der Waals surface area contributed by atoms with E-state index >= 15 is 0 Å². The van der Waals surface area contributed by atoms with Crippen molar-refractivity contribution in [2.24, 2.45) is 0 Å². The lowest BCUT2D eigenvalue weighted by Gasteiger charge is -2.40. The fourth-order valence-corrected chi connectivity index (χ4v) is 4.93. The molecular formula is C25H24O13. The van der Waals surface area contributed by atoms with Crippen LogP contribution < -0.4 is 23.7 Å². The van der Waals surface area contributed by atoms with Gasteiger partial charge in [-0.3, -0.25) is 9.59 Å². The number of ether oxygens (including phenoxy) is 7. The number of aliphatic hydroxyl groups is 3. The lowest BCUT2D eigenvalue weighted by molar-refractivity contribution is -0.278. The molecule has 0 radical (unpaired) electrons. The van der Waals surface area contributed by atoms with E-state index in [2.05, 4.69) is 0 Å². The first-order valence-electron chi connectivity index (χ1n) is 11.9. The molecule has 6 rings (SSSR count). The van der Waals surface area contributed by atoms with Gasteiger partial charge in [0.05, 0.1) is 12.5 Å². The number of esters is 1. The van der Waals surface area contributed by atoms with Crippen molar-refractivity contribution < 1.29 is 63.2 Å². The van der Waals surface area contributed by atoms with E-state index in [-0.39, 0.29) is 24.6 Å². The van der Waals surface area contributed by atoms with Gasteiger partial charge in [-0.05, 0) is 18.2 Å². The molecule has 0 amide bonds. The second-order valence-electron chi connectivity index (χ2n) is 9.28. The molecule has 202 valence electrons. The van der Waals surface area contributed by atoms with Gasteiger partial charge in [-0.25, -0.2) is 0 Å². The summed E-state index contributed by atoms with van der Waals surface area (Å²) in [5.74, 6) is 0.255. The van der Waals surface area contributed by atoms with E-state index in [1.54, 1.807) is 18.2 Å². The summed E-state index contributed by atoms with van der Waals surface area (Å²) in [6.45, 7) is -0.0455. The van der Waals surface area contributed by atoms with Crippen molar-refractivity contribution >= 4 is 11.9 Å². The van der Waals surface area contributed by atoms with Gasteiger partial charge in [0, 0.05) is 23.3 Å². The zero-order valence-electron chi connectivity index (χ0n) is 19.7. The Bertz CT molecular complexity index is 1260. The van der Waals surface area contributed by atoms with Gasteiger partial charge in [0.15, 0.2) is 11.5 Å². The fraction of sp³-hybridized carbons (Fsp3) is 0.440. The number of aliphatic hydroxyl groups excluding tert-OH is 3. The summed E-state index contributed by atoms with van der Waals surface area (Å²) in [4.78, 5) is 22.2. The number of benzene rings is 2. The van der Waals surface area contributed by atoms with Crippen LogP contribution in [0.1, 0.15) is 29.6 Å². The average Bonchev–Trinajstić information content (AvgIpc) is 3.50. The first kappa shape index (κ1) is 24.6. The van der Waals surface area contributed by atoms with E-state index < -0.39 is 55.7 Å². The Balaban J connectivity index is 1.15. The number of carbonyl (C=O) groups excluding carboxylic acids is 1. The van der Waals surface area contributed by atoms with Crippen LogP contribution in [0.25, 0.3) is 0 Å². The molecule has 38 heavy (non-hydrogen) atoms. The summed E-state index contributed by atoms with van der Waals surface area (Å²) in [6.07, 6.45) is -8.79. The molecule has 13 nitrogen and oxygen atoms in total. The Morgan fingerprint density at radius 2 is 1.68 bits per heavy atom. The predicted octanol–water partition coefficient (Wildman–Crippen LogP) is 0.229. The smallest absolute Gasteiger partial charge is 0.317 e. The Kier molecular flexibility index (Phi) is 6.14. The molecule has 0 unspecified atom stereocenters. The summed E-state index contributed by atoms with van der Waals surface area (Å²) in [6, 6.07) is 8.70. The molecule has 2 aromatic rings. The molecule has 4 aliphatic rings. The second-order valence-corrected chi connectivity index (χ2v) is 9.28. The van der Waals surface area contributed by atoms with Crippen molar-refractivity contribution in [1.82, 2.24) is 0 Å². The van der Waals surface area contributed by atoms with Gasteiger partial charge >= 0.3 is 11.9 Å². The molecular weight excluding hydrogens is 508 g/mol. The van der Waals surface area contributed by atoms with Crippen molar-refractivity contribution in [3.05, 3.63) is 41.5 Å². The average molecular weight is 532 g/mol. The van der Waals surface area contributed by atoms with Crippen LogP contribution in [0.4, 0.5) is 0 Å². The molecule has 1 fully saturated rings. The largest absolute Gasteiger partial charge is 0.492 e. The van der Waals surface area contributed by atoms with Crippen LogP contribution >= 0.6 is 0 Å². The van der Waals surface area contributed by atoms with Gasteiger partial charge in [-0.15, -0.1) is 0 Å². The molecule has 0 saturated carbocycles. The highest BCUT2D eigenvalue weighted by Crippen LogP contribution is 2.54. The van der Waals surface area contributed by atoms with E-state index in [9.17, 15) is 24.9 Å². The SMILES string of the molecule is O=C(O)CC(=O)OC[C@@H]1O[C@H](Oc2ccc3c(c2)OC[C@@H]2c4cc5c(cc4O[C@H]32)OCO5)[C@@H](O)[C@H](O)[C@H]1O. The first-order chi connectivity index (χ1) is 18.3. The number of rotatable bonds is 6. The number of carbonyl (C=O) groups is 2. The van der Waals surface area contributed by atoms with Gasteiger partial charge in [-0.1, -0.05) is 0 Å². The van der Waals surface area contributed by atoms with Crippen LogP contribution in [0.2, 0.25) is 0 Å². The van der Waals surface area contributed by atoms with Gasteiger partial charge < -0.3 is 53.6 Å². The fourth-order valence-electron chi connectivity index (χ4n) is 4.93. The Morgan fingerprint density at radius 1 is 0.895 bits per heavy atom. The van der Waals surface area contributed by atoms with Crippen molar-refractivity contribution in [2.45, 2.75) is 49.1 Å². The number of fused-ring (bicyclic) bond motifs is 6. The van der Waals surface area contributed by atoms with Gasteiger partial charge in [0.1, 0.15) is 60.8 Å². The van der Waals surface area contributed by atoms with E-state index in [0.29, 0.717) is 29.6 Å². The zero-order valence-corrected chi connectivity index (χ0v) is 19.7. The lowest BCUT2D eigenvalue weighted by atomic mass is 9.89. The summed E-state index contributed by atoms with van der Waals surface area (Å²) < 4.78 is 39.2. The molecule has 4 heterocycles. The molecule has 4 N–H and O–H groups in total. The van der Waals surface area contributed by atoms with E-state index in [1.807, 2.05) is 12.1 Å². The molecule has 1 saturated heterocycles. The monoisotopic (exact) mass is 532 g/mol. The zero-order chi connectivity index (χ0) is 26.6. The van der Waals surface area contributed by atoms with Crippen molar-refractivity contribution in [3.8, 4) is 28.7 Å². The second kappa shape index (κ2) is 9.51. The van der Waals surface area contributed by atoms with Crippen LogP contribution in [0.15, 0.2) is 30.3 Å². The number of aliphatic carboxylic acids is 1. The molecule has 7 atom stereocenters. The number of carboxylic acids is 1. The molecule has 0 aromatic heterocycles.